The third kappa shape index (κ3) is 4.15. The van der Waals surface area contributed by atoms with Crippen LogP contribution < -0.4 is 10.0 Å². The van der Waals surface area contributed by atoms with Gasteiger partial charge in [-0.25, -0.2) is 4.72 Å². The summed E-state index contributed by atoms with van der Waals surface area (Å²) in [6.45, 7) is 8.21. The summed E-state index contributed by atoms with van der Waals surface area (Å²) in [5.41, 5.74) is 0. The highest BCUT2D eigenvalue weighted by atomic mass is 32.2. The fraction of sp³-hybridized carbons (Fsp3) is 1.00. The number of nitrogens with zero attached hydrogens (tertiary/aromatic N) is 1. The summed E-state index contributed by atoms with van der Waals surface area (Å²) in [6, 6.07) is 0. The van der Waals surface area contributed by atoms with E-state index in [0.717, 1.165) is 32.4 Å². The molecule has 2 aliphatic heterocycles. The Kier molecular flexibility index (Phi) is 5.22. The van der Waals surface area contributed by atoms with Crippen LogP contribution in [0, 0.1) is 17.8 Å². The second-order valence-electron chi connectivity index (χ2n) is 6.19. The van der Waals surface area contributed by atoms with Gasteiger partial charge in [-0.1, -0.05) is 13.8 Å². The molecule has 112 valence electrons. The molecule has 2 heterocycles. The maximum Gasteiger partial charge on any atom is 0.279 e. The first-order valence-corrected chi connectivity index (χ1v) is 8.88. The van der Waals surface area contributed by atoms with E-state index >= 15 is 0 Å². The minimum atomic E-state index is -3.28. The first-order chi connectivity index (χ1) is 8.99. The lowest BCUT2D eigenvalue weighted by Gasteiger charge is -2.33. The SMILES string of the molecule is CC1CCCN(S(=O)(=O)NCC2CCNCC2C)C1. The van der Waals surface area contributed by atoms with Crippen LogP contribution in [0.1, 0.15) is 33.1 Å². The average Bonchev–Trinajstić information content (AvgIpc) is 2.38. The standard InChI is InChI=1S/C13H27N3O2S/c1-11-4-3-7-16(10-11)19(17,18)15-9-13-5-6-14-8-12(13)2/h11-15H,3-10H2,1-2H3. The second kappa shape index (κ2) is 6.52. The molecule has 3 atom stereocenters. The van der Waals surface area contributed by atoms with Gasteiger partial charge >= 0.3 is 0 Å². The Hall–Kier alpha value is -0.170. The summed E-state index contributed by atoms with van der Waals surface area (Å²) in [5, 5.41) is 3.34. The van der Waals surface area contributed by atoms with Gasteiger partial charge in [-0.05, 0) is 50.1 Å². The molecule has 2 rings (SSSR count). The van der Waals surface area contributed by atoms with E-state index in [2.05, 4.69) is 23.9 Å². The van der Waals surface area contributed by atoms with Gasteiger partial charge in [-0.2, -0.15) is 12.7 Å². The molecule has 0 saturated carbocycles. The zero-order valence-electron chi connectivity index (χ0n) is 12.1. The minimum Gasteiger partial charge on any atom is -0.316 e. The van der Waals surface area contributed by atoms with Crippen LogP contribution in [0.5, 0.6) is 0 Å². The molecule has 6 heteroatoms. The van der Waals surface area contributed by atoms with Crippen molar-refractivity contribution >= 4 is 10.2 Å². The van der Waals surface area contributed by atoms with Gasteiger partial charge in [0.05, 0.1) is 0 Å². The van der Waals surface area contributed by atoms with Crippen molar-refractivity contribution in [3.63, 3.8) is 0 Å². The van der Waals surface area contributed by atoms with Crippen molar-refractivity contribution in [3.8, 4) is 0 Å². The highest BCUT2D eigenvalue weighted by Crippen LogP contribution is 2.20. The Morgan fingerprint density at radius 3 is 2.79 bits per heavy atom. The molecular weight excluding hydrogens is 262 g/mol. The van der Waals surface area contributed by atoms with Crippen LogP contribution >= 0.6 is 0 Å². The van der Waals surface area contributed by atoms with E-state index in [0.29, 0.717) is 37.4 Å². The van der Waals surface area contributed by atoms with E-state index in [4.69, 9.17) is 0 Å². The number of nitrogens with one attached hydrogen (secondary N) is 2. The Bertz CT molecular complexity index is 385. The van der Waals surface area contributed by atoms with Crippen molar-refractivity contribution in [2.45, 2.75) is 33.1 Å². The van der Waals surface area contributed by atoms with Gasteiger partial charge in [0.25, 0.3) is 10.2 Å². The van der Waals surface area contributed by atoms with Crippen LogP contribution in [0.15, 0.2) is 0 Å². The molecule has 0 spiro atoms. The number of hydrogen-bond donors (Lipinski definition) is 2. The third-order valence-corrected chi connectivity index (χ3v) is 5.99. The molecule has 5 nitrogen and oxygen atoms in total. The highest BCUT2D eigenvalue weighted by Gasteiger charge is 2.28. The predicted octanol–water partition coefficient (Wildman–Crippen LogP) is 0.798. The molecule has 3 unspecified atom stereocenters. The summed E-state index contributed by atoms with van der Waals surface area (Å²) in [7, 11) is -3.28. The lowest BCUT2D eigenvalue weighted by molar-refractivity contribution is 0.261. The van der Waals surface area contributed by atoms with Gasteiger partial charge in [-0.3, -0.25) is 0 Å². The molecule has 0 radical (unpaired) electrons. The zero-order valence-corrected chi connectivity index (χ0v) is 12.9. The highest BCUT2D eigenvalue weighted by molar-refractivity contribution is 7.87. The fourth-order valence-electron chi connectivity index (χ4n) is 3.04. The molecule has 2 N–H and O–H groups in total. The van der Waals surface area contributed by atoms with Gasteiger partial charge in [0.15, 0.2) is 0 Å². The molecule has 2 aliphatic rings. The van der Waals surface area contributed by atoms with Crippen LogP contribution in [0.25, 0.3) is 0 Å². The molecule has 2 saturated heterocycles. The van der Waals surface area contributed by atoms with Crippen molar-refractivity contribution in [1.29, 1.82) is 0 Å². The normalized spacial score (nSPS) is 34.3. The lowest BCUT2D eigenvalue weighted by atomic mass is 9.88. The van der Waals surface area contributed by atoms with Gasteiger partial charge < -0.3 is 5.32 Å². The maximum atomic E-state index is 12.3. The summed E-state index contributed by atoms with van der Waals surface area (Å²) in [6.07, 6.45) is 3.17. The van der Waals surface area contributed by atoms with Crippen LogP contribution in [0.3, 0.4) is 0 Å². The number of rotatable bonds is 4. The molecule has 0 bridgehead atoms. The van der Waals surface area contributed by atoms with E-state index in [1.807, 2.05) is 0 Å². The molecule has 0 aromatic carbocycles. The topological polar surface area (TPSA) is 61.4 Å². The van der Waals surface area contributed by atoms with Crippen molar-refractivity contribution in [1.82, 2.24) is 14.3 Å². The van der Waals surface area contributed by atoms with Crippen LogP contribution in [0.2, 0.25) is 0 Å². The first kappa shape index (κ1) is 15.2. The number of piperidine rings is 2. The van der Waals surface area contributed by atoms with Gasteiger partial charge in [-0.15, -0.1) is 0 Å². The van der Waals surface area contributed by atoms with E-state index in [1.54, 1.807) is 4.31 Å². The van der Waals surface area contributed by atoms with Crippen LogP contribution in [-0.2, 0) is 10.2 Å². The predicted molar refractivity (Wildman–Crippen MR) is 77.0 cm³/mol. The molecule has 0 amide bonds. The van der Waals surface area contributed by atoms with E-state index in [-0.39, 0.29) is 0 Å². The van der Waals surface area contributed by atoms with Crippen molar-refractivity contribution in [2.75, 3.05) is 32.7 Å². The number of hydrogen-bond acceptors (Lipinski definition) is 3. The zero-order chi connectivity index (χ0) is 13.9. The van der Waals surface area contributed by atoms with Gasteiger partial charge in [0.2, 0.25) is 0 Å². The first-order valence-electron chi connectivity index (χ1n) is 7.44. The summed E-state index contributed by atoms with van der Waals surface area (Å²) in [4.78, 5) is 0. The Balaban J connectivity index is 1.86. The largest absolute Gasteiger partial charge is 0.316 e. The van der Waals surface area contributed by atoms with Gasteiger partial charge in [0.1, 0.15) is 0 Å². The molecule has 19 heavy (non-hydrogen) atoms. The van der Waals surface area contributed by atoms with E-state index < -0.39 is 10.2 Å². The average molecular weight is 289 g/mol. The summed E-state index contributed by atoms with van der Waals surface area (Å²) < 4.78 is 29.0. The Morgan fingerprint density at radius 2 is 2.11 bits per heavy atom. The fourth-order valence-corrected chi connectivity index (χ4v) is 4.47. The maximum absolute atomic E-state index is 12.3. The van der Waals surface area contributed by atoms with E-state index in [1.165, 1.54) is 0 Å². The molecular formula is C13H27N3O2S. The quantitative estimate of drug-likeness (QED) is 0.805. The molecule has 0 aromatic rings. The second-order valence-corrected chi connectivity index (χ2v) is 7.94. The van der Waals surface area contributed by atoms with Crippen molar-refractivity contribution in [3.05, 3.63) is 0 Å². The summed E-state index contributed by atoms with van der Waals surface area (Å²) >= 11 is 0. The van der Waals surface area contributed by atoms with Crippen molar-refractivity contribution in [2.24, 2.45) is 17.8 Å². The van der Waals surface area contributed by atoms with Crippen molar-refractivity contribution < 1.29 is 8.42 Å². The Morgan fingerprint density at radius 1 is 1.32 bits per heavy atom. The van der Waals surface area contributed by atoms with Crippen LogP contribution in [-0.4, -0.2) is 45.4 Å². The van der Waals surface area contributed by atoms with Gasteiger partial charge in [0, 0.05) is 19.6 Å². The summed E-state index contributed by atoms with van der Waals surface area (Å²) in [5.74, 6) is 1.47. The van der Waals surface area contributed by atoms with Crippen LogP contribution in [0.4, 0.5) is 0 Å². The molecule has 0 aromatic heterocycles. The minimum absolute atomic E-state index is 0.457. The van der Waals surface area contributed by atoms with E-state index in [9.17, 15) is 8.42 Å². The molecule has 0 aliphatic carbocycles. The molecule has 2 fully saturated rings. The Labute approximate surface area is 117 Å². The monoisotopic (exact) mass is 289 g/mol. The lowest BCUT2D eigenvalue weighted by Crippen LogP contribution is -2.48. The third-order valence-electron chi connectivity index (χ3n) is 4.45. The smallest absolute Gasteiger partial charge is 0.279 e.